The van der Waals surface area contributed by atoms with E-state index in [0.29, 0.717) is 18.7 Å². The van der Waals surface area contributed by atoms with E-state index in [0.717, 1.165) is 27.4 Å². The molecule has 3 rings (SSSR count). The number of rotatable bonds is 12. The lowest BCUT2D eigenvalue weighted by Gasteiger charge is -2.33. The molecule has 0 spiro atoms. The molecular weight excluding hydrogens is 498 g/mol. The second kappa shape index (κ2) is 13.2. The molecule has 0 heterocycles. The van der Waals surface area contributed by atoms with Crippen molar-refractivity contribution in [2.75, 3.05) is 17.4 Å². The maximum Gasteiger partial charge on any atom is 0.264 e. The van der Waals surface area contributed by atoms with E-state index in [1.54, 1.807) is 30.3 Å². The van der Waals surface area contributed by atoms with Crippen molar-refractivity contribution in [3.8, 4) is 0 Å². The number of aryl methyl sites for hydroxylation is 2. The molecule has 0 saturated heterocycles. The second-order valence-electron chi connectivity index (χ2n) is 9.39. The smallest absolute Gasteiger partial charge is 0.264 e. The molecule has 0 aliphatic rings. The van der Waals surface area contributed by atoms with Crippen LogP contribution in [0.25, 0.3) is 0 Å². The van der Waals surface area contributed by atoms with Crippen molar-refractivity contribution < 1.29 is 18.0 Å². The molecule has 0 aromatic heterocycles. The molecule has 7 nitrogen and oxygen atoms in total. The normalized spacial score (nSPS) is 12.0. The van der Waals surface area contributed by atoms with E-state index in [1.807, 2.05) is 64.1 Å². The molecule has 8 heteroatoms. The molecule has 1 atom stereocenters. The SMILES string of the molecule is CCCNC(=O)[C@@H](CC)N(Cc1ccccc1)C(=O)CN(c1cc(C)cc(C)c1)S(=O)(=O)c1ccccc1. The summed E-state index contributed by atoms with van der Waals surface area (Å²) < 4.78 is 28.9. The van der Waals surface area contributed by atoms with Crippen LogP contribution in [0.3, 0.4) is 0 Å². The number of anilines is 1. The highest BCUT2D eigenvalue weighted by Crippen LogP contribution is 2.26. The molecule has 3 aromatic rings. The number of nitrogens with one attached hydrogen (secondary N) is 1. The minimum atomic E-state index is -4.07. The Balaban J connectivity index is 2.06. The third-order valence-corrected chi connectivity index (χ3v) is 8.02. The number of hydrogen-bond donors (Lipinski definition) is 1. The molecule has 202 valence electrons. The predicted octanol–water partition coefficient (Wildman–Crippen LogP) is 4.83. The Labute approximate surface area is 226 Å². The van der Waals surface area contributed by atoms with Crippen LogP contribution in [-0.4, -0.2) is 44.3 Å². The largest absolute Gasteiger partial charge is 0.354 e. The highest BCUT2D eigenvalue weighted by atomic mass is 32.2. The summed E-state index contributed by atoms with van der Waals surface area (Å²) in [5.41, 5.74) is 3.02. The van der Waals surface area contributed by atoms with Gasteiger partial charge in [-0.2, -0.15) is 0 Å². The molecule has 0 fully saturated rings. The molecule has 38 heavy (non-hydrogen) atoms. The van der Waals surface area contributed by atoms with Gasteiger partial charge in [-0.15, -0.1) is 0 Å². The van der Waals surface area contributed by atoms with Gasteiger partial charge < -0.3 is 10.2 Å². The zero-order valence-corrected chi connectivity index (χ0v) is 23.4. The fourth-order valence-corrected chi connectivity index (χ4v) is 5.83. The maximum absolute atomic E-state index is 14.0. The summed E-state index contributed by atoms with van der Waals surface area (Å²) in [4.78, 5) is 28.7. The fourth-order valence-electron chi connectivity index (χ4n) is 4.41. The van der Waals surface area contributed by atoms with E-state index in [4.69, 9.17) is 0 Å². The first-order valence-corrected chi connectivity index (χ1v) is 14.4. The lowest BCUT2D eigenvalue weighted by molar-refractivity contribution is -0.140. The van der Waals surface area contributed by atoms with Gasteiger partial charge in [0, 0.05) is 13.1 Å². The summed E-state index contributed by atoms with van der Waals surface area (Å²) in [6.45, 7) is 7.83. The van der Waals surface area contributed by atoms with E-state index in [-0.39, 0.29) is 17.3 Å². The van der Waals surface area contributed by atoms with Gasteiger partial charge in [0.25, 0.3) is 10.0 Å². The number of carbonyl (C=O) groups excluding carboxylic acids is 2. The number of benzene rings is 3. The molecule has 2 amide bonds. The van der Waals surface area contributed by atoms with E-state index >= 15 is 0 Å². The lowest BCUT2D eigenvalue weighted by Crippen LogP contribution is -2.52. The topological polar surface area (TPSA) is 86.8 Å². The van der Waals surface area contributed by atoms with Crippen LogP contribution >= 0.6 is 0 Å². The van der Waals surface area contributed by atoms with Crippen molar-refractivity contribution in [3.05, 3.63) is 95.6 Å². The zero-order valence-electron chi connectivity index (χ0n) is 22.6. The van der Waals surface area contributed by atoms with E-state index in [2.05, 4.69) is 5.32 Å². The second-order valence-corrected chi connectivity index (χ2v) is 11.3. The van der Waals surface area contributed by atoms with Gasteiger partial charge >= 0.3 is 0 Å². The van der Waals surface area contributed by atoms with Crippen LogP contribution in [0, 0.1) is 13.8 Å². The van der Waals surface area contributed by atoms with Gasteiger partial charge in [0.1, 0.15) is 12.6 Å². The van der Waals surface area contributed by atoms with Crippen LogP contribution in [0.2, 0.25) is 0 Å². The maximum atomic E-state index is 14.0. The summed E-state index contributed by atoms with van der Waals surface area (Å²) in [7, 11) is -4.07. The van der Waals surface area contributed by atoms with Crippen LogP contribution in [0.15, 0.2) is 83.8 Å². The van der Waals surface area contributed by atoms with Gasteiger partial charge in [0.05, 0.1) is 10.6 Å². The third-order valence-electron chi connectivity index (χ3n) is 6.24. The monoisotopic (exact) mass is 535 g/mol. The standard InChI is InChI=1S/C30H37N3O4S/c1-5-17-31-30(35)28(6-2)32(21-25-13-9-7-10-14-25)29(34)22-33(26-19-23(3)18-24(4)20-26)38(36,37)27-15-11-8-12-16-27/h7-16,18-20,28H,5-6,17,21-22H2,1-4H3,(H,31,35)/t28-/m1/s1. The molecule has 0 bridgehead atoms. The molecular formula is C30H37N3O4S. The molecule has 0 aliphatic heterocycles. The number of sulfonamides is 1. The van der Waals surface area contributed by atoms with Crippen LogP contribution in [0.4, 0.5) is 5.69 Å². The van der Waals surface area contributed by atoms with Crippen LogP contribution < -0.4 is 9.62 Å². The number of carbonyl (C=O) groups is 2. The van der Waals surface area contributed by atoms with Gasteiger partial charge in [-0.1, -0.05) is 68.4 Å². The van der Waals surface area contributed by atoms with Gasteiger partial charge in [-0.3, -0.25) is 13.9 Å². The number of nitrogens with zero attached hydrogens (tertiary/aromatic N) is 2. The Morgan fingerprint density at radius 1 is 0.868 bits per heavy atom. The van der Waals surface area contributed by atoms with Crippen molar-refractivity contribution in [2.45, 2.75) is 58.0 Å². The molecule has 0 aliphatic carbocycles. The zero-order chi connectivity index (χ0) is 27.7. The molecule has 0 unspecified atom stereocenters. The van der Waals surface area contributed by atoms with E-state index in [1.165, 1.54) is 17.0 Å². The van der Waals surface area contributed by atoms with E-state index in [9.17, 15) is 18.0 Å². The van der Waals surface area contributed by atoms with Gasteiger partial charge in [-0.25, -0.2) is 8.42 Å². The third kappa shape index (κ3) is 7.22. The first-order chi connectivity index (χ1) is 18.2. The predicted molar refractivity (Wildman–Crippen MR) is 151 cm³/mol. The summed E-state index contributed by atoms with van der Waals surface area (Å²) in [6, 6.07) is 22.2. The highest BCUT2D eigenvalue weighted by Gasteiger charge is 2.33. The number of amides is 2. The first kappa shape index (κ1) is 28.9. The lowest BCUT2D eigenvalue weighted by atomic mass is 10.1. The molecule has 0 saturated carbocycles. The molecule has 0 radical (unpaired) electrons. The van der Waals surface area contributed by atoms with Gasteiger partial charge in [0.15, 0.2) is 0 Å². The highest BCUT2D eigenvalue weighted by molar-refractivity contribution is 7.92. The Kier molecular flexibility index (Phi) is 10.1. The summed E-state index contributed by atoms with van der Waals surface area (Å²) in [5.74, 6) is -0.700. The fraction of sp³-hybridized carbons (Fsp3) is 0.333. The molecule has 3 aromatic carbocycles. The Morgan fingerprint density at radius 3 is 2.00 bits per heavy atom. The van der Waals surface area contributed by atoms with Crippen molar-refractivity contribution in [1.29, 1.82) is 0 Å². The summed E-state index contributed by atoms with van der Waals surface area (Å²) in [6.07, 6.45) is 1.16. The molecule has 1 N–H and O–H groups in total. The Morgan fingerprint density at radius 2 is 1.45 bits per heavy atom. The van der Waals surface area contributed by atoms with Crippen LogP contribution in [-0.2, 0) is 26.2 Å². The average molecular weight is 536 g/mol. The minimum absolute atomic E-state index is 0.0919. The van der Waals surface area contributed by atoms with Crippen molar-refractivity contribution in [1.82, 2.24) is 10.2 Å². The van der Waals surface area contributed by atoms with Crippen molar-refractivity contribution in [3.63, 3.8) is 0 Å². The Hall–Kier alpha value is -3.65. The first-order valence-electron chi connectivity index (χ1n) is 12.9. The van der Waals surface area contributed by atoms with Crippen LogP contribution in [0.1, 0.15) is 43.4 Å². The van der Waals surface area contributed by atoms with E-state index < -0.39 is 28.5 Å². The van der Waals surface area contributed by atoms with Crippen LogP contribution in [0.5, 0.6) is 0 Å². The van der Waals surface area contributed by atoms with Crippen molar-refractivity contribution >= 4 is 27.5 Å². The van der Waals surface area contributed by atoms with Crippen molar-refractivity contribution in [2.24, 2.45) is 0 Å². The van der Waals surface area contributed by atoms with Gasteiger partial charge in [-0.05, 0) is 67.6 Å². The quantitative estimate of drug-likeness (QED) is 0.360. The summed E-state index contributed by atoms with van der Waals surface area (Å²) in [5, 5.41) is 2.90. The van der Waals surface area contributed by atoms with Gasteiger partial charge in [0.2, 0.25) is 11.8 Å². The Bertz CT molecular complexity index is 1310. The number of hydrogen-bond acceptors (Lipinski definition) is 4. The minimum Gasteiger partial charge on any atom is -0.354 e. The average Bonchev–Trinajstić information content (AvgIpc) is 2.90. The summed E-state index contributed by atoms with van der Waals surface area (Å²) >= 11 is 0.